The van der Waals surface area contributed by atoms with E-state index in [1.165, 1.54) is 11.3 Å². The molecular weight excluding hydrogens is 412 g/mol. The van der Waals surface area contributed by atoms with Crippen molar-refractivity contribution >= 4 is 39.3 Å². The number of amides is 2. The first-order valence-electron chi connectivity index (χ1n) is 10.2. The zero-order valence-corrected chi connectivity index (χ0v) is 19.2. The standard InChI is InChI=1S/C22H26N6O2S/c1-13-16(11-24-22(25-13)27(4)5)20(29)28-10-8-14(12-28)17-15-7-6-9-23-19(15)31-18(17)21(30)26(2)3/h6-7,9,11,14H,8,10,12H2,1-5H3/t14-/m0/s1. The molecule has 4 heterocycles. The Kier molecular flexibility index (Phi) is 5.62. The topological polar surface area (TPSA) is 82.5 Å². The number of aryl methyl sites for hydroxylation is 1. The van der Waals surface area contributed by atoms with E-state index in [4.69, 9.17) is 0 Å². The van der Waals surface area contributed by atoms with Crippen molar-refractivity contribution in [3.8, 4) is 0 Å². The van der Waals surface area contributed by atoms with E-state index in [2.05, 4.69) is 15.0 Å². The lowest BCUT2D eigenvalue weighted by Crippen LogP contribution is -2.30. The predicted molar refractivity (Wildman–Crippen MR) is 122 cm³/mol. The third-order valence-electron chi connectivity index (χ3n) is 5.59. The monoisotopic (exact) mass is 438 g/mol. The van der Waals surface area contributed by atoms with Crippen molar-refractivity contribution in [1.82, 2.24) is 24.8 Å². The van der Waals surface area contributed by atoms with Crippen molar-refractivity contribution in [3.05, 3.63) is 46.2 Å². The Morgan fingerprint density at radius 3 is 2.65 bits per heavy atom. The van der Waals surface area contributed by atoms with Crippen LogP contribution in [0.1, 0.15) is 43.6 Å². The van der Waals surface area contributed by atoms with Crippen LogP contribution >= 0.6 is 11.3 Å². The van der Waals surface area contributed by atoms with Crippen LogP contribution in [0.5, 0.6) is 0 Å². The molecule has 8 nitrogen and oxygen atoms in total. The van der Waals surface area contributed by atoms with Gasteiger partial charge in [-0.05, 0) is 25.0 Å². The maximum Gasteiger partial charge on any atom is 0.263 e. The number of hydrogen-bond acceptors (Lipinski definition) is 7. The molecule has 9 heteroatoms. The minimum Gasteiger partial charge on any atom is -0.347 e. The minimum atomic E-state index is -0.0662. The Bertz CT molecular complexity index is 1160. The number of fused-ring (bicyclic) bond motifs is 1. The van der Waals surface area contributed by atoms with Gasteiger partial charge in [-0.1, -0.05) is 6.07 Å². The summed E-state index contributed by atoms with van der Waals surface area (Å²) >= 11 is 1.43. The number of carbonyl (C=O) groups is 2. The first-order valence-corrected chi connectivity index (χ1v) is 11.0. The van der Waals surface area contributed by atoms with Gasteiger partial charge in [-0.15, -0.1) is 11.3 Å². The lowest BCUT2D eigenvalue weighted by atomic mass is 9.95. The number of aromatic nitrogens is 3. The number of carbonyl (C=O) groups excluding carboxylic acids is 2. The van der Waals surface area contributed by atoms with Gasteiger partial charge >= 0.3 is 0 Å². The summed E-state index contributed by atoms with van der Waals surface area (Å²) in [5.74, 6) is 0.579. The molecule has 162 valence electrons. The van der Waals surface area contributed by atoms with E-state index in [9.17, 15) is 9.59 Å². The van der Waals surface area contributed by atoms with Gasteiger partial charge in [0.25, 0.3) is 11.8 Å². The summed E-state index contributed by atoms with van der Waals surface area (Å²) in [4.78, 5) is 46.1. The second-order valence-electron chi connectivity index (χ2n) is 8.20. The summed E-state index contributed by atoms with van der Waals surface area (Å²) in [7, 11) is 7.26. The number of thiophene rings is 1. The zero-order valence-electron chi connectivity index (χ0n) is 18.4. The molecule has 3 aromatic heterocycles. The molecule has 0 N–H and O–H groups in total. The van der Waals surface area contributed by atoms with E-state index in [-0.39, 0.29) is 17.7 Å². The molecule has 2 amide bonds. The summed E-state index contributed by atoms with van der Waals surface area (Å²) in [6, 6.07) is 3.91. The van der Waals surface area contributed by atoms with E-state index in [1.54, 1.807) is 31.4 Å². The van der Waals surface area contributed by atoms with Crippen LogP contribution in [0.3, 0.4) is 0 Å². The zero-order chi connectivity index (χ0) is 22.3. The van der Waals surface area contributed by atoms with Gasteiger partial charge in [-0.25, -0.2) is 15.0 Å². The summed E-state index contributed by atoms with van der Waals surface area (Å²) in [5, 5.41) is 1.01. The minimum absolute atomic E-state index is 0.0219. The summed E-state index contributed by atoms with van der Waals surface area (Å²) in [6.07, 6.45) is 4.16. The van der Waals surface area contributed by atoms with Crippen molar-refractivity contribution in [2.45, 2.75) is 19.3 Å². The predicted octanol–water partition coefficient (Wildman–Crippen LogP) is 2.79. The maximum absolute atomic E-state index is 13.2. The van der Waals surface area contributed by atoms with E-state index >= 15 is 0 Å². The molecule has 0 aromatic carbocycles. The Balaban J connectivity index is 1.64. The SMILES string of the molecule is Cc1nc(N(C)C)ncc1C(=O)N1CC[C@H](c2c(C(=O)N(C)C)sc3ncccc23)C1. The fourth-order valence-electron chi connectivity index (χ4n) is 3.95. The second-order valence-corrected chi connectivity index (χ2v) is 9.20. The molecular formula is C22H26N6O2S. The molecule has 31 heavy (non-hydrogen) atoms. The highest BCUT2D eigenvalue weighted by Crippen LogP contribution is 2.40. The van der Waals surface area contributed by atoms with Crippen LogP contribution in [0.15, 0.2) is 24.5 Å². The van der Waals surface area contributed by atoms with E-state index in [1.807, 2.05) is 43.0 Å². The number of pyridine rings is 1. The van der Waals surface area contributed by atoms with E-state index in [0.29, 0.717) is 35.2 Å². The first kappa shape index (κ1) is 21.2. The number of nitrogens with zero attached hydrogens (tertiary/aromatic N) is 6. The Labute approximate surface area is 185 Å². The van der Waals surface area contributed by atoms with Gasteiger partial charge in [0.2, 0.25) is 5.95 Å². The van der Waals surface area contributed by atoms with Gasteiger partial charge in [0, 0.05) is 65.0 Å². The highest BCUT2D eigenvalue weighted by molar-refractivity contribution is 7.20. The average molecular weight is 439 g/mol. The van der Waals surface area contributed by atoms with Crippen molar-refractivity contribution < 1.29 is 9.59 Å². The third kappa shape index (κ3) is 3.85. The quantitative estimate of drug-likeness (QED) is 0.623. The normalized spacial score (nSPS) is 16.0. The average Bonchev–Trinajstić information content (AvgIpc) is 3.37. The molecule has 0 spiro atoms. The third-order valence-corrected chi connectivity index (χ3v) is 6.70. The van der Waals surface area contributed by atoms with Crippen LogP contribution in [-0.2, 0) is 0 Å². The van der Waals surface area contributed by atoms with Crippen molar-refractivity contribution in [2.75, 3.05) is 46.2 Å². The number of anilines is 1. The second kappa shape index (κ2) is 8.22. The summed E-state index contributed by atoms with van der Waals surface area (Å²) in [5.41, 5.74) is 2.20. The number of rotatable bonds is 4. The first-order chi connectivity index (χ1) is 14.8. The molecule has 0 aliphatic carbocycles. The summed E-state index contributed by atoms with van der Waals surface area (Å²) in [6.45, 7) is 3.02. The smallest absolute Gasteiger partial charge is 0.263 e. The molecule has 4 rings (SSSR count). The summed E-state index contributed by atoms with van der Waals surface area (Å²) < 4.78 is 0. The lowest BCUT2D eigenvalue weighted by Gasteiger charge is -2.19. The molecule has 0 saturated carbocycles. The molecule has 1 saturated heterocycles. The van der Waals surface area contributed by atoms with Gasteiger partial charge in [0.1, 0.15) is 4.83 Å². The molecule has 3 aromatic rings. The van der Waals surface area contributed by atoms with Crippen molar-refractivity contribution in [1.29, 1.82) is 0 Å². The Morgan fingerprint density at radius 1 is 1.19 bits per heavy atom. The number of hydrogen-bond donors (Lipinski definition) is 0. The van der Waals surface area contributed by atoms with Crippen LogP contribution in [0, 0.1) is 6.92 Å². The number of likely N-dealkylation sites (tertiary alicyclic amines) is 1. The molecule has 1 aliphatic heterocycles. The van der Waals surface area contributed by atoms with Crippen LogP contribution in [-0.4, -0.2) is 77.8 Å². The Hall–Kier alpha value is -3.07. The maximum atomic E-state index is 13.2. The fraction of sp³-hybridized carbons (Fsp3) is 0.409. The van der Waals surface area contributed by atoms with Gasteiger partial charge in [-0.2, -0.15) is 0 Å². The van der Waals surface area contributed by atoms with Crippen molar-refractivity contribution in [3.63, 3.8) is 0 Å². The van der Waals surface area contributed by atoms with Crippen LogP contribution in [0.4, 0.5) is 5.95 Å². The molecule has 1 aliphatic rings. The van der Waals surface area contributed by atoms with E-state index < -0.39 is 0 Å². The van der Waals surface area contributed by atoms with Gasteiger partial charge < -0.3 is 14.7 Å². The molecule has 1 fully saturated rings. The fourth-order valence-corrected chi connectivity index (χ4v) is 5.20. The van der Waals surface area contributed by atoms with Gasteiger partial charge in [0.15, 0.2) is 0 Å². The van der Waals surface area contributed by atoms with Crippen molar-refractivity contribution in [2.24, 2.45) is 0 Å². The Morgan fingerprint density at radius 2 is 1.97 bits per heavy atom. The molecule has 0 bridgehead atoms. The lowest BCUT2D eigenvalue weighted by molar-refractivity contribution is 0.0789. The van der Waals surface area contributed by atoms with E-state index in [0.717, 1.165) is 22.2 Å². The van der Waals surface area contributed by atoms with Crippen LogP contribution in [0.25, 0.3) is 10.2 Å². The molecule has 0 unspecified atom stereocenters. The van der Waals surface area contributed by atoms with Crippen LogP contribution in [0.2, 0.25) is 0 Å². The highest BCUT2D eigenvalue weighted by Gasteiger charge is 2.34. The molecule has 0 radical (unpaired) electrons. The van der Waals surface area contributed by atoms with Crippen LogP contribution < -0.4 is 4.90 Å². The van der Waals surface area contributed by atoms with Gasteiger partial charge in [0.05, 0.1) is 16.1 Å². The molecule has 1 atom stereocenters. The largest absolute Gasteiger partial charge is 0.347 e. The van der Waals surface area contributed by atoms with Gasteiger partial charge in [-0.3, -0.25) is 9.59 Å². The highest BCUT2D eigenvalue weighted by atomic mass is 32.1.